The van der Waals surface area contributed by atoms with E-state index in [-0.39, 0.29) is 30.5 Å². The van der Waals surface area contributed by atoms with Gasteiger partial charge in [0.05, 0.1) is 54.2 Å². The fourth-order valence-electron chi connectivity index (χ4n) is 14.9. The van der Waals surface area contributed by atoms with Gasteiger partial charge in [0.25, 0.3) is 0 Å². The standard InChI is InChI=1S/C53H78O18/c1-27-42(56)47(62-9)43(57)49(66-27)71-45-29(3)65-40(25-36(45)61-8)70-44-28(2)64-39(24-35(44)60-7)68-33-19-21-50(5)32(23-33)16-17-34-41(50)46(67-30(4)54)48(69-38(55)18-15-31-13-11-10-12-14-31)52-26-63-51(6,58)37(52)20-22-53(34,52)59/h10-15,18,27-29,32-37,39-49,56-59H,16-17,19-26H2,1-9H3/b18-15+/t27-,28-,29-,32+,33+,34-,35+,36-,37?,39+,40+,41-,42-,43-,44-,45-,46+,47-,48-,49+,50+,51-,52?,53+/m1/s1. The molecule has 4 saturated carbocycles. The summed E-state index contributed by atoms with van der Waals surface area (Å²) in [5.74, 6) is -3.88. The van der Waals surface area contributed by atoms with Gasteiger partial charge in [0, 0.05) is 59.0 Å². The molecule has 1 aromatic carbocycles. The molecule has 1 aromatic rings. The normalized spacial score (nSPS) is 49.6. The van der Waals surface area contributed by atoms with Crippen LogP contribution in [-0.2, 0) is 66.4 Å². The minimum Gasteiger partial charge on any atom is -0.458 e. The fraction of sp³-hybridized carbons (Fsp3) is 0.811. The summed E-state index contributed by atoms with van der Waals surface area (Å²) in [6.45, 7) is 10.6. The van der Waals surface area contributed by atoms with Crippen molar-refractivity contribution < 1.29 is 86.9 Å². The Labute approximate surface area is 417 Å². The molecule has 24 atom stereocenters. The highest BCUT2D eigenvalue weighted by molar-refractivity contribution is 5.87. The number of hydrogen-bond donors (Lipinski definition) is 4. The number of rotatable bonds is 13. The van der Waals surface area contributed by atoms with E-state index in [1.54, 1.807) is 34.1 Å². The van der Waals surface area contributed by atoms with Crippen LogP contribution in [0.15, 0.2) is 36.4 Å². The van der Waals surface area contributed by atoms with Crippen molar-refractivity contribution in [2.24, 2.45) is 34.5 Å². The van der Waals surface area contributed by atoms with Crippen LogP contribution in [-0.4, -0.2) is 170 Å². The van der Waals surface area contributed by atoms with Gasteiger partial charge in [0.1, 0.15) is 36.6 Å². The lowest BCUT2D eigenvalue weighted by molar-refractivity contribution is -0.352. The second-order valence-corrected chi connectivity index (χ2v) is 22.2. The van der Waals surface area contributed by atoms with Crippen LogP contribution >= 0.6 is 0 Å². The number of esters is 2. The SMILES string of the molecule is CO[C@H]1[C@@H](O)[C@H](O[C@@H]2[C@@H](C)O[C@@H](O[C@H]3[C@@H](OC)C[C@H](O[C@H]4CC[C@@]5(C)[C@@H](CC[C@@H]6[C@@H]5[C@H](OC(C)=O)[C@@H](OC(=O)/C=C/c5ccccc5)C57CO[C@@](C)(O)C5CC[C@]67O)C4)O[C@@H]3C)C[C@H]2OC)O[C@H](C)[C@H]1O. The van der Waals surface area contributed by atoms with Crippen molar-refractivity contribution in [3.05, 3.63) is 42.0 Å². The Hall–Kier alpha value is -2.66. The first-order chi connectivity index (χ1) is 33.8. The van der Waals surface area contributed by atoms with E-state index in [0.717, 1.165) is 12.0 Å². The first kappa shape index (κ1) is 53.2. The van der Waals surface area contributed by atoms with Gasteiger partial charge in [-0.3, -0.25) is 4.79 Å². The number of carbonyl (C=O) groups is 2. The number of aliphatic hydroxyl groups is 4. The van der Waals surface area contributed by atoms with Gasteiger partial charge in [-0.1, -0.05) is 37.3 Å². The van der Waals surface area contributed by atoms with Gasteiger partial charge < -0.3 is 77.3 Å². The maximum atomic E-state index is 13.9. The monoisotopic (exact) mass is 1000 g/mol. The molecule has 0 amide bonds. The van der Waals surface area contributed by atoms with E-state index in [4.69, 9.17) is 56.8 Å². The largest absolute Gasteiger partial charge is 0.458 e. The number of benzene rings is 1. The van der Waals surface area contributed by atoms with Crippen molar-refractivity contribution in [2.75, 3.05) is 27.9 Å². The zero-order valence-electron chi connectivity index (χ0n) is 42.7. The predicted molar refractivity (Wildman–Crippen MR) is 251 cm³/mol. The molecule has 18 nitrogen and oxygen atoms in total. The van der Waals surface area contributed by atoms with E-state index in [0.29, 0.717) is 51.4 Å². The summed E-state index contributed by atoms with van der Waals surface area (Å²) < 4.78 is 74.8. The van der Waals surface area contributed by atoms with Crippen LogP contribution in [0.1, 0.15) is 105 Å². The molecule has 71 heavy (non-hydrogen) atoms. The summed E-state index contributed by atoms with van der Waals surface area (Å²) in [4.78, 5) is 27.2. The third kappa shape index (κ3) is 9.57. The third-order valence-corrected chi connectivity index (χ3v) is 18.4. The number of hydrogen-bond acceptors (Lipinski definition) is 18. The average molecular weight is 1000 g/mol. The Kier molecular flexibility index (Phi) is 15.6. The Morgan fingerprint density at radius 3 is 2.03 bits per heavy atom. The van der Waals surface area contributed by atoms with Crippen molar-refractivity contribution in [1.29, 1.82) is 0 Å². The molecule has 4 aliphatic heterocycles. The van der Waals surface area contributed by atoms with E-state index in [1.807, 2.05) is 44.2 Å². The van der Waals surface area contributed by atoms with Crippen molar-refractivity contribution >= 4 is 18.0 Å². The highest BCUT2D eigenvalue weighted by atomic mass is 16.8. The van der Waals surface area contributed by atoms with Crippen molar-refractivity contribution in [2.45, 2.75) is 209 Å². The van der Waals surface area contributed by atoms with E-state index in [9.17, 15) is 30.0 Å². The lowest BCUT2D eigenvalue weighted by atomic mass is 9.41. The first-order valence-corrected chi connectivity index (χ1v) is 25.8. The van der Waals surface area contributed by atoms with Crippen LogP contribution in [0.2, 0.25) is 0 Å². The highest BCUT2D eigenvalue weighted by Crippen LogP contribution is 2.73. The third-order valence-electron chi connectivity index (χ3n) is 18.4. The summed E-state index contributed by atoms with van der Waals surface area (Å²) in [6, 6.07) is 9.40. The predicted octanol–water partition coefficient (Wildman–Crippen LogP) is 4.19. The quantitative estimate of drug-likeness (QED) is 0.123. The van der Waals surface area contributed by atoms with E-state index < -0.39 is 132 Å². The average Bonchev–Trinajstić information content (AvgIpc) is 3.81. The Morgan fingerprint density at radius 2 is 1.38 bits per heavy atom. The van der Waals surface area contributed by atoms with E-state index >= 15 is 0 Å². The zero-order valence-corrected chi connectivity index (χ0v) is 42.7. The van der Waals surface area contributed by atoms with Gasteiger partial charge >= 0.3 is 11.9 Å². The van der Waals surface area contributed by atoms with Crippen molar-refractivity contribution in [3.8, 4) is 0 Å². The minimum absolute atomic E-state index is 0.0485. The molecule has 4 heterocycles. The molecule has 0 bridgehead atoms. The lowest BCUT2D eigenvalue weighted by Gasteiger charge is -2.66. The molecule has 398 valence electrons. The summed E-state index contributed by atoms with van der Waals surface area (Å²) in [6.07, 6.45) is -3.21. The number of ether oxygens (including phenoxy) is 12. The van der Waals surface area contributed by atoms with Crippen LogP contribution in [0.4, 0.5) is 0 Å². The number of methoxy groups -OCH3 is 3. The minimum atomic E-state index is -1.59. The number of aliphatic hydroxyl groups excluding tert-OH is 2. The Morgan fingerprint density at radius 1 is 0.718 bits per heavy atom. The summed E-state index contributed by atoms with van der Waals surface area (Å²) in [5.41, 5.74) is -2.23. The molecule has 4 saturated heterocycles. The van der Waals surface area contributed by atoms with Gasteiger partial charge in [-0.25, -0.2) is 4.79 Å². The molecular formula is C53H78O18. The van der Waals surface area contributed by atoms with Crippen LogP contribution in [0.3, 0.4) is 0 Å². The van der Waals surface area contributed by atoms with Crippen LogP contribution in [0.25, 0.3) is 6.08 Å². The summed E-state index contributed by atoms with van der Waals surface area (Å²) >= 11 is 0. The molecule has 8 aliphatic rings. The maximum absolute atomic E-state index is 13.9. The number of fused-ring (bicyclic) bond motifs is 4. The highest BCUT2D eigenvalue weighted by Gasteiger charge is 2.81. The van der Waals surface area contributed by atoms with Crippen LogP contribution < -0.4 is 0 Å². The van der Waals surface area contributed by atoms with Gasteiger partial charge in [0.15, 0.2) is 30.8 Å². The smallest absolute Gasteiger partial charge is 0.331 e. The van der Waals surface area contributed by atoms with Crippen LogP contribution in [0.5, 0.6) is 0 Å². The molecule has 9 rings (SSSR count). The molecule has 8 fully saturated rings. The summed E-state index contributed by atoms with van der Waals surface area (Å²) in [7, 11) is 4.64. The molecule has 4 aliphatic carbocycles. The number of carbonyl (C=O) groups excluding carboxylic acids is 2. The van der Waals surface area contributed by atoms with Gasteiger partial charge in [0.2, 0.25) is 0 Å². The molecule has 1 spiro atoms. The zero-order chi connectivity index (χ0) is 50.8. The van der Waals surface area contributed by atoms with Crippen LogP contribution in [0, 0.1) is 34.5 Å². The molecule has 2 unspecified atom stereocenters. The molecule has 4 N–H and O–H groups in total. The van der Waals surface area contributed by atoms with E-state index in [1.165, 1.54) is 20.1 Å². The Bertz CT molecular complexity index is 2040. The lowest BCUT2D eigenvalue weighted by Crippen LogP contribution is -2.74. The van der Waals surface area contributed by atoms with Gasteiger partial charge in [-0.2, -0.15) is 0 Å². The first-order valence-electron chi connectivity index (χ1n) is 25.8. The summed E-state index contributed by atoms with van der Waals surface area (Å²) in [5, 5.41) is 46.4. The van der Waals surface area contributed by atoms with Gasteiger partial charge in [-0.15, -0.1) is 0 Å². The second-order valence-electron chi connectivity index (χ2n) is 22.2. The topological polar surface area (TPSA) is 226 Å². The second kappa shape index (κ2) is 20.8. The molecule has 18 heteroatoms. The molecule has 0 radical (unpaired) electrons. The van der Waals surface area contributed by atoms with Crippen molar-refractivity contribution in [3.63, 3.8) is 0 Å². The maximum Gasteiger partial charge on any atom is 0.331 e. The fourth-order valence-corrected chi connectivity index (χ4v) is 14.9. The molecule has 0 aromatic heterocycles. The van der Waals surface area contributed by atoms with Crippen molar-refractivity contribution in [1.82, 2.24) is 0 Å². The van der Waals surface area contributed by atoms with E-state index in [2.05, 4.69) is 6.92 Å². The molecular weight excluding hydrogens is 925 g/mol. The Balaban J connectivity index is 0.871. The van der Waals surface area contributed by atoms with Gasteiger partial charge in [-0.05, 0) is 102 Å².